The lowest BCUT2D eigenvalue weighted by Crippen LogP contribution is -2.02. The number of hydrogen-bond donors (Lipinski definition) is 0. The van der Waals surface area contributed by atoms with Gasteiger partial charge in [-0.2, -0.15) is 13.2 Å². The summed E-state index contributed by atoms with van der Waals surface area (Å²) in [6.45, 7) is 0. The van der Waals surface area contributed by atoms with Crippen molar-refractivity contribution in [3.8, 4) is 11.8 Å². The van der Waals surface area contributed by atoms with E-state index >= 15 is 0 Å². The van der Waals surface area contributed by atoms with E-state index in [0.717, 1.165) is 12.0 Å². The first-order valence-corrected chi connectivity index (χ1v) is 9.20. The van der Waals surface area contributed by atoms with Gasteiger partial charge in [0, 0.05) is 22.3 Å². The smallest absolute Gasteiger partial charge is 0.206 e. The van der Waals surface area contributed by atoms with Crippen molar-refractivity contribution in [3.63, 3.8) is 0 Å². The number of hydrogen-bond acceptors (Lipinski definition) is 0. The van der Waals surface area contributed by atoms with Crippen LogP contribution >= 0.6 is 0 Å². The van der Waals surface area contributed by atoms with Crippen molar-refractivity contribution in [1.82, 2.24) is 0 Å². The lowest BCUT2D eigenvalue weighted by Gasteiger charge is -2.06. The number of benzene rings is 4. The molecule has 0 aliphatic heterocycles. The van der Waals surface area contributed by atoms with Crippen LogP contribution in [0.2, 0.25) is 0 Å². The molecule has 0 aliphatic carbocycles. The van der Waals surface area contributed by atoms with Gasteiger partial charge in [-0.15, -0.1) is 0 Å². The van der Waals surface area contributed by atoms with Crippen molar-refractivity contribution in [1.29, 1.82) is 0 Å². The largest absolute Gasteiger partial charge is 0.458 e. The molecule has 0 aromatic heterocycles. The summed E-state index contributed by atoms with van der Waals surface area (Å²) in [6.07, 6.45) is -2.33. The summed E-state index contributed by atoms with van der Waals surface area (Å²) >= 11 is 0. The summed E-state index contributed by atoms with van der Waals surface area (Å²) < 4.78 is 94.5. The zero-order chi connectivity index (χ0) is 23.0. The molecule has 4 aromatic rings. The van der Waals surface area contributed by atoms with Crippen LogP contribution in [0.25, 0.3) is 33.7 Å². The van der Waals surface area contributed by atoms with Crippen LogP contribution in [0.3, 0.4) is 0 Å². The van der Waals surface area contributed by atoms with E-state index in [1.165, 1.54) is 48.4 Å². The van der Waals surface area contributed by atoms with Crippen LogP contribution in [-0.4, -0.2) is 6.18 Å². The average molecular weight is 444 g/mol. The van der Waals surface area contributed by atoms with Crippen molar-refractivity contribution >= 4 is 33.7 Å². The third kappa shape index (κ3) is 4.17. The highest BCUT2D eigenvalue weighted by molar-refractivity contribution is 5.90. The molecule has 0 saturated heterocycles. The second-order valence-corrected chi connectivity index (χ2v) is 6.92. The maximum atomic E-state index is 14.7. The SMILES string of the molecule is Fc1cc2cc(/C=C/c3c(F)cc4ccccc4c3F)ccc2c(F)c1C#CC(F)(F)F. The van der Waals surface area contributed by atoms with E-state index < -0.39 is 35.0 Å². The van der Waals surface area contributed by atoms with Crippen LogP contribution in [-0.2, 0) is 0 Å². The number of fused-ring (bicyclic) bond motifs is 2. The Labute approximate surface area is 177 Å². The fourth-order valence-electron chi connectivity index (χ4n) is 3.32. The first-order chi connectivity index (χ1) is 15.1. The zero-order valence-electron chi connectivity index (χ0n) is 16.0. The predicted molar refractivity (Wildman–Crippen MR) is 110 cm³/mol. The Balaban J connectivity index is 1.75. The fourth-order valence-corrected chi connectivity index (χ4v) is 3.32. The summed E-state index contributed by atoms with van der Waals surface area (Å²) in [5, 5.41) is 0.557. The minimum absolute atomic E-state index is 0.0548. The first kappa shape index (κ1) is 21.4. The molecule has 0 radical (unpaired) electrons. The molecule has 0 aliphatic rings. The molecule has 0 amide bonds. The van der Waals surface area contributed by atoms with E-state index in [9.17, 15) is 30.7 Å². The highest BCUT2D eigenvalue weighted by atomic mass is 19.4. The topological polar surface area (TPSA) is 0 Å². The van der Waals surface area contributed by atoms with Gasteiger partial charge < -0.3 is 0 Å². The molecule has 7 heteroatoms. The summed E-state index contributed by atoms with van der Waals surface area (Å²) in [5.74, 6) is -1.67. The highest BCUT2D eigenvalue weighted by Gasteiger charge is 2.24. The summed E-state index contributed by atoms with van der Waals surface area (Å²) in [5.41, 5.74) is -0.894. The Morgan fingerprint density at radius 2 is 1.38 bits per heavy atom. The molecule has 160 valence electrons. The number of rotatable bonds is 2. The normalized spacial score (nSPS) is 11.8. The van der Waals surface area contributed by atoms with Crippen LogP contribution in [0.4, 0.5) is 30.7 Å². The Bertz CT molecular complexity index is 1450. The number of alkyl halides is 3. The van der Waals surface area contributed by atoms with E-state index in [1.54, 1.807) is 18.2 Å². The molecule has 0 saturated carbocycles. The Hall–Kier alpha value is -3.79. The lowest BCUT2D eigenvalue weighted by molar-refractivity contribution is -0.0696. The Morgan fingerprint density at radius 3 is 2.12 bits per heavy atom. The van der Waals surface area contributed by atoms with Gasteiger partial charge in [-0.1, -0.05) is 48.4 Å². The Kier molecular flexibility index (Phi) is 5.39. The minimum Gasteiger partial charge on any atom is -0.206 e. The van der Waals surface area contributed by atoms with Gasteiger partial charge in [0.1, 0.15) is 23.3 Å². The molecule has 0 nitrogen and oxygen atoms in total. The van der Waals surface area contributed by atoms with Crippen LogP contribution in [0.15, 0.2) is 54.6 Å². The predicted octanol–water partition coefficient (Wildman–Crippen LogP) is 7.63. The van der Waals surface area contributed by atoms with E-state index in [-0.39, 0.29) is 21.7 Å². The van der Waals surface area contributed by atoms with Crippen molar-refractivity contribution < 1.29 is 30.7 Å². The number of halogens is 7. The van der Waals surface area contributed by atoms with Gasteiger partial charge in [-0.25, -0.2) is 17.6 Å². The monoisotopic (exact) mass is 444 g/mol. The molecule has 4 rings (SSSR count). The van der Waals surface area contributed by atoms with Crippen LogP contribution in [0, 0.1) is 35.1 Å². The van der Waals surface area contributed by atoms with Gasteiger partial charge in [0.2, 0.25) is 0 Å². The van der Waals surface area contributed by atoms with Crippen molar-refractivity contribution in [2.24, 2.45) is 0 Å². The van der Waals surface area contributed by atoms with E-state index in [4.69, 9.17) is 0 Å². The minimum atomic E-state index is -4.89. The molecule has 0 spiro atoms. The van der Waals surface area contributed by atoms with Gasteiger partial charge >= 0.3 is 6.18 Å². The third-order valence-electron chi connectivity index (χ3n) is 4.80. The van der Waals surface area contributed by atoms with Crippen molar-refractivity contribution in [2.45, 2.75) is 6.18 Å². The van der Waals surface area contributed by atoms with Crippen LogP contribution in [0.5, 0.6) is 0 Å². The van der Waals surface area contributed by atoms with Gasteiger partial charge in [0.15, 0.2) is 0 Å². The first-order valence-electron chi connectivity index (χ1n) is 9.20. The van der Waals surface area contributed by atoms with Crippen molar-refractivity contribution in [3.05, 3.63) is 94.6 Å². The lowest BCUT2D eigenvalue weighted by atomic mass is 10.0. The molecule has 4 aromatic carbocycles. The summed E-state index contributed by atoms with van der Waals surface area (Å²) in [6, 6.07) is 12.4. The van der Waals surface area contributed by atoms with Gasteiger partial charge in [-0.3, -0.25) is 0 Å². The van der Waals surface area contributed by atoms with E-state index in [0.29, 0.717) is 10.9 Å². The Morgan fingerprint density at radius 1 is 0.688 bits per heavy atom. The molecular formula is C25H11F7. The zero-order valence-corrected chi connectivity index (χ0v) is 16.0. The molecule has 0 heterocycles. The molecule has 0 fully saturated rings. The standard InChI is InChI=1S/C25H11F7/c26-21-12-15-3-1-2-4-17(15)23(28)19(21)8-6-14-5-7-18-16(11-14)13-22(27)20(24(18)29)9-10-25(30,31)32/h1-8,11-13H/b8-6+. The van der Waals surface area contributed by atoms with Gasteiger partial charge in [0.25, 0.3) is 0 Å². The second-order valence-electron chi connectivity index (χ2n) is 6.92. The van der Waals surface area contributed by atoms with Crippen LogP contribution < -0.4 is 0 Å². The maximum absolute atomic E-state index is 14.7. The van der Waals surface area contributed by atoms with Gasteiger partial charge in [0.05, 0.1) is 5.56 Å². The summed E-state index contributed by atoms with van der Waals surface area (Å²) in [4.78, 5) is 0. The van der Waals surface area contributed by atoms with Crippen LogP contribution in [0.1, 0.15) is 16.7 Å². The highest BCUT2D eigenvalue weighted by Crippen LogP contribution is 2.28. The van der Waals surface area contributed by atoms with Crippen molar-refractivity contribution in [2.75, 3.05) is 0 Å². The maximum Gasteiger partial charge on any atom is 0.458 e. The average Bonchev–Trinajstić information content (AvgIpc) is 2.72. The molecular weight excluding hydrogens is 433 g/mol. The molecule has 0 unspecified atom stereocenters. The van der Waals surface area contributed by atoms with E-state index in [2.05, 4.69) is 0 Å². The second kappa shape index (κ2) is 8.04. The molecule has 0 N–H and O–H groups in total. The third-order valence-corrected chi connectivity index (χ3v) is 4.80. The van der Waals surface area contributed by atoms with Gasteiger partial charge in [-0.05, 0) is 40.6 Å². The molecule has 32 heavy (non-hydrogen) atoms. The fraction of sp³-hybridized carbons (Fsp3) is 0.0400. The molecule has 0 atom stereocenters. The summed E-state index contributed by atoms with van der Waals surface area (Å²) in [7, 11) is 0. The quantitative estimate of drug-likeness (QED) is 0.169. The van der Waals surface area contributed by atoms with E-state index in [1.807, 2.05) is 0 Å². The molecule has 0 bridgehead atoms.